The third kappa shape index (κ3) is 5.86. The van der Waals surface area contributed by atoms with E-state index in [0.29, 0.717) is 5.69 Å². The second-order valence-corrected chi connectivity index (χ2v) is 6.18. The van der Waals surface area contributed by atoms with Gasteiger partial charge in [-0.3, -0.25) is 14.5 Å². The molecule has 0 aliphatic rings. The summed E-state index contributed by atoms with van der Waals surface area (Å²) in [5.74, 6) is -1.84. The number of anilines is 2. The molecule has 0 spiro atoms. The molecule has 2 rings (SSSR count). The Labute approximate surface area is 173 Å². The number of carbonyl (C=O) groups is 3. The summed E-state index contributed by atoms with van der Waals surface area (Å²) < 4.78 is 15.1. The van der Waals surface area contributed by atoms with Crippen LogP contribution in [0.2, 0.25) is 5.02 Å². The molecule has 0 heterocycles. The second kappa shape index (κ2) is 10.3. The van der Waals surface area contributed by atoms with Crippen LogP contribution in [0, 0.1) is 0 Å². The van der Waals surface area contributed by atoms with Crippen LogP contribution < -0.4 is 15.4 Å². The number of carbonyl (C=O) groups excluding carboxylic acids is 3. The Hall–Kier alpha value is -3.26. The monoisotopic (exact) mass is 420 g/mol. The number of para-hydroxylation sites is 1. The van der Waals surface area contributed by atoms with Crippen LogP contribution in [-0.2, 0) is 19.1 Å². The SMILES string of the molecule is CCOC(=O)CN(C(=O)COC(=O)c1cc(Cl)c(N)cc1OC)c1ccccc1. The van der Waals surface area contributed by atoms with Crippen molar-refractivity contribution in [3.8, 4) is 5.75 Å². The standard InChI is InChI=1S/C20H21ClN2O6/c1-3-28-19(25)11-23(13-7-5-4-6-8-13)18(24)12-29-20(26)14-9-15(21)16(22)10-17(14)27-2/h4-10H,3,11-12,22H2,1-2H3. The van der Waals surface area contributed by atoms with Crippen LogP contribution in [0.5, 0.6) is 5.75 Å². The van der Waals surface area contributed by atoms with Gasteiger partial charge < -0.3 is 19.9 Å². The lowest BCUT2D eigenvalue weighted by atomic mass is 10.2. The van der Waals surface area contributed by atoms with Gasteiger partial charge in [-0.25, -0.2) is 4.79 Å². The summed E-state index contributed by atoms with van der Waals surface area (Å²) in [6.45, 7) is 0.936. The fourth-order valence-electron chi connectivity index (χ4n) is 2.45. The van der Waals surface area contributed by atoms with Crippen molar-refractivity contribution in [2.75, 3.05) is 37.5 Å². The molecule has 2 aromatic rings. The van der Waals surface area contributed by atoms with E-state index in [1.807, 2.05) is 0 Å². The van der Waals surface area contributed by atoms with Crippen molar-refractivity contribution in [1.82, 2.24) is 0 Å². The molecule has 0 saturated heterocycles. The molecule has 2 aromatic carbocycles. The first-order chi connectivity index (χ1) is 13.9. The third-order valence-corrected chi connectivity index (χ3v) is 4.15. The maximum Gasteiger partial charge on any atom is 0.342 e. The molecular formula is C20H21ClN2O6. The molecule has 0 aromatic heterocycles. The Bertz CT molecular complexity index is 888. The zero-order chi connectivity index (χ0) is 21.4. The number of esters is 2. The molecule has 29 heavy (non-hydrogen) atoms. The Kier molecular flexibility index (Phi) is 7.85. The van der Waals surface area contributed by atoms with Crippen molar-refractivity contribution in [3.05, 3.63) is 53.1 Å². The van der Waals surface area contributed by atoms with E-state index in [2.05, 4.69) is 0 Å². The summed E-state index contributed by atoms with van der Waals surface area (Å²) >= 11 is 5.95. The van der Waals surface area contributed by atoms with Gasteiger partial charge >= 0.3 is 11.9 Å². The van der Waals surface area contributed by atoms with E-state index in [1.54, 1.807) is 37.3 Å². The first-order valence-corrected chi connectivity index (χ1v) is 9.06. The lowest BCUT2D eigenvalue weighted by molar-refractivity contribution is -0.142. The van der Waals surface area contributed by atoms with E-state index in [4.69, 9.17) is 31.5 Å². The molecule has 154 valence electrons. The van der Waals surface area contributed by atoms with E-state index in [9.17, 15) is 14.4 Å². The predicted octanol–water partition coefficient (Wildman–Crippen LogP) is 2.68. The first kappa shape index (κ1) is 22.0. The lowest BCUT2D eigenvalue weighted by Crippen LogP contribution is -2.39. The molecule has 0 atom stereocenters. The van der Waals surface area contributed by atoms with Gasteiger partial charge in [-0.05, 0) is 25.1 Å². The normalized spacial score (nSPS) is 10.2. The zero-order valence-electron chi connectivity index (χ0n) is 16.0. The number of nitrogens with two attached hydrogens (primary N) is 1. The van der Waals surface area contributed by atoms with Gasteiger partial charge in [-0.2, -0.15) is 0 Å². The van der Waals surface area contributed by atoms with Crippen LogP contribution in [0.1, 0.15) is 17.3 Å². The van der Waals surface area contributed by atoms with Crippen molar-refractivity contribution in [2.45, 2.75) is 6.92 Å². The number of hydrogen-bond acceptors (Lipinski definition) is 7. The summed E-state index contributed by atoms with van der Waals surface area (Å²) in [6.07, 6.45) is 0. The summed E-state index contributed by atoms with van der Waals surface area (Å²) in [5.41, 5.74) is 6.42. The van der Waals surface area contributed by atoms with Crippen molar-refractivity contribution < 1.29 is 28.6 Å². The quantitative estimate of drug-likeness (QED) is 0.516. The van der Waals surface area contributed by atoms with E-state index >= 15 is 0 Å². The first-order valence-electron chi connectivity index (χ1n) is 8.68. The zero-order valence-corrected chi connectivity index (χ0v) is 16.8. The van der Waals surface area contributed by atoms with Crippen LogP contribution in [0.25, 0.3) is 0 Å². The Morgan fingerprint density at radius 1 is 1.10 bits per heavy atom. The molecular weight excluding hydrogens is 400 g/mol. The highest BCUT2D eigenvalue weighted by Gasteiger charge is 2.23. The molecule has 2 N–H and O–H groups in total. The Balaban J connectivity index is 2.14. The van der Waals surface area contributed by atoms with Crippen LogP contribution in [0.3, 0.4) is 0 Å². The van der Waals surface area contributed by atoms with Gasteiger partial charge in [0.15, 0.2) is 6.61 Å². The minimum absolute atomic E-state index is 0.0242. The number of nitrogens with zero attached hydrogens (tertiary/aromatic N) is 1. The number of rotatable bonds is 8. The molecule has 8 nitrogen and oxygen atoms in total. The Morgan fingerprint density at radius 2 is 1.79 bits per heavy atom. The van der Waals surface area contributed by atoms with Crippen molar-refractivity contribution in [3.63, 3.8) is 0 Å². The van der Waals surface area contributed by atoms with Gasteiger partial charge in [0.05, 0.1) is 24.4 Å². The minimum atomic E-state index is -0.818. The Morgan fingerprint density at radius 3 is 2.41 bits per heavy atom. The van der Waals surface area contributed by atoms with Crippen LogP contribution in [0.4, 0.5) is 11.4 Å². The van der Waals surface area contributed by atoms with Gasteiger partial charge in [-0.15, -0.1) is 0 Å². The highest BCUT2D eigenvalue weighted by atomic mass is 35.5. The fourth-order valence-corrected chi connectivity index (χ4v) is 2.61. The molecule has 0 aliphatic carbocycles. The van der Waals surface area contributed by atoms with Crippen LogP contribution in [0.15, 0.2) is 42.5 Å². The van der Waals surface area contributed by atoms with Gasteiger partial charge in [0, 0.05) is 11.8 Å². The van der Waals surface area contributed by atoms with Crippen LogP contribution >= 0.6 is 11.6 Å². The van der Waals surface area contributed by atoms with E-state index in [-0.39, 0.29) is 35.2 Å². The van der Waals surface area contributed by atoms with E-state index < -0.39 is 24.5 Å². The number of methoxy groups -OCH3 is 1. The van der Waals surface area contributed by atoms with E-state index in [1.165, 1.54) is 24.1 Å². The average molecular weight is 421 g/mol. The summed E-state index contributed by atoms with van der Waals surface area (Å²) in [6, 6.07) is 11.2. The summed E-state index contributed by atoms with van der Waals surface area (Å²) in [4.78, 5) is 38.1. The molecule has 0 aliphatic heterocycles. The topological polar surface area (TPSA) is 108 Å². The van der Waals surface area contributed by atoms with Crippen molar-refractivity contribution in [1.29, 1.82) is 0 Å². The van der Waals surface area contributed by atoms with Gasteiger partial charge in [0.1, 0.15) is 17.9 Å². The molecule has 9 heteroatoms. The fraction of sp³-hybridized carbons (Fsp3) is 0.250. The molecule has 1 amide bonds. The smallest absolute Gasteiger partial charge is 0.342 e. The van der Waals surface area contributed by atoms with Crippen molar-refractivity contribution in [2.24, 2.45) is 0 Å². The number of ether oxygens (including phenoxy) is 3. The molecule has 0 bridgehead atoms. The summed E-state index contributed by atoms with van der Waals surface area (Å²) in [7, 11) is 1.36. The number of nitrogen functional groups attached to an aromatic ring is 1. The van der Waals surface area contributed by atoms with Crippen LogP contribution in [-0.4, -0.2) is 44.7 Å². The van der Waals surface area contributed by atoms with Gasteiger partial charge in [0.2, 0.25) is 0 Å². The summed E-state index contributed by atoms with van der Waals surface area (Å²) in [5, 5.41) is 0.150. The minimum Gasteiger partial charge on any atom is -0.496 e. The van der Waals surface area contributed by atoms with E-state index in [0.717, 1.165) is 0 Å². The maximum absolute atomic E-state index is 12.7. The third-order valence-electron chi connectivity index (χ3n) is 3.83. The maximum atomic E-state index is 12.7. The molecule has 0 saturated carbocycles. The number of amides is 1. The predicted molar refractivity (Wildman–Crippen MR) is 108 cm³/mol. The number of benzene rings is 2. The lowest BCUT2D eigenvalue weighted by Gasteiger charge is -2.21. The largest absolute Gasteiger partial charge is 0.496 e. The molecule has 0 fully saturated rings. The highest BCUT2D eigenvalue weighted by Crippen LogP contribution is 2.29. The van der Waals surface area contributed by atoms with Crippen molar-refractivity contribution >= 4 is 40.8 Å². The molecule has 0 unspecified atom stereocenters. The highest BCUT2D eigenvalue weighted by molar-refractivity contribution is 6.33. The number of hydrogen-bond donors (Lipinski definition) is 1. The second-order valence-electron chi connectivity index (χ2n) is 5.77. The van der Waals surface area contributed by atoms with Gasteiger partial charge in [-0.1, -0.05) is 29.8 Å². The molecule has 0 radical (unpaired) electrons. The average Bonchev–Trinajstić information content (AvgIpc) is 2.72. The number of halogens is 1. The van der Waals surface area contributed by atoms with Gasteiger partial charge in [0.25, 0.3) is 5.91 Å².